The van der Waals surface area contributed by atoms with E-state index in [4.69, 9.17) is 15.2 Å². The maximum atomic E-state index is 5.77. The number of benzene rings is 2. The average molecular weight is 336 g/mol. The molecule has 3 rings (SSSR count). The highest BCUT2D eigenvalue weighted by Crippen LogP contribution is 2.30. The molecular formula is C19H20N4O2. The summed E-state index contributed by atoms with van der Waals surface area (Å²) >= 11 is 0. The third kappa shape index (κ3) is 3.70. The number of nitrogens with one attached hydrogen (secondary N) is 1. The summed E-state index contributed by atoms with van der Waals surface area (Å²) in [5, 5.41) is 3.27. The molecule has 2 aromatic carbocycles. The smallest absolute Gasteiger partial charge is 0.134 e. The largest absolute Gasteiger partial charge is 0.496 e. The van der Waals surface area contributed by atoms with Gasteiger partial charge in [0.2, 0.25) is 0 Å². The van der Waals surface area contributed by atoms with E-state index in [9.17, 15) is 0 Å². The van der Waals surface area contributed by atoms with Gasteiger partial charge in [0.1, 0.15) is 23.6 Å². The van der Waals surface area contributed by atoms with Crippen LogP contribution in [0.4, 0.5) is 11.5 Å². The third-order valence-corrected chi connectivity index (χ3v) is 3.82. The highest BCUT2D eigenvalue weighted by molar-refractivity contribution is 5.70. The first-order valence-corrected chi connectivity index (χ1v) is 7.84. The molecule has 6 heteroatoms. The Morgan fingerprint density at radius 2 is 1.76 bits per heavy atom. The quantitative estimate of drug-likeness (QED) is 0.718. The summed E-state index contributed by atoms with van der Waals surface area (Å²) in [7, 11) is 3.27. The Kier molecular flexibility index (Phi) is 5.11. The van der Waals surface area contributed by atoms with E-state index in [0.717, 1.165) is 34.0 Å². The van der Waals surface area contributed by atoms with Crippen molar-refractivity contribution in [1.82, 2.24) is 9.97 Å². The summed E-state index contributed by atoms with van der Waals surface area (Å²) in [6.45, 7) is 0.398. The van der Waals surface area contributed by atoms with Crippen LogP contribution >= 0.6 is 0 Å². The average Bonchev–Trinajstić information content (AvgIpc) is 2.68. The lowest BCUT2D eigenvalue weighted by Gasteiger charge is -2.12. The molecule has 0 bridgehead atoms. The molecule has 6 nitrogen and oxygen atoms in total. The predicted molar refractivity (Wildman–Crippen MR) is 98.2 cm³/mol. The van der Waals surface area contributed by atoms with Gasteiger partial charge >= 0.3 is 0 Å². The van der Waals surface area contributed by atoms with Crippen molar-refractivity contribution in [1.29, 1.82) is 0 Å². The minimum atomic E-state index is 0.398. The van der Waals surface area contributed by atoms with Crippen LogP contribution in [0.25, 0.3) is 11.3 Å². The first kappa shape index (κ1) is 16.7. The molecule has 3 aromatic rings. The van der Waals surface area contributed by atoms with Crippen LogP contribution in [0, 0.1) is 0 Å². The molecule has 0 aliphatic carbocycles. The Bertz CT molecular complexity index is 868. The van der Waals surface area contributed by atoms with Crippen LogP contribution in [0.3, 0.4) is 0 Å². The van der Waals surface area contributed by atoms with E-state index in [1.54, 1.807) is 14.2 Å². The minimum Gasteiger partial charge on any atom is -0.496 e. The van der Waals surface area contributed by atoms with Crippen LogP contribution in [0.1, 0.15) is 5.56 Å². The van der Waals surface area contributed by atoms with E-state index in [1.807, 2.05) is 48.5 Å². The van der Waals surface area contributed by atoms with Crippen molar-refractivity contribution in [3.8, 4) is 22.8 Å². The Morgan fingerprint density at radius 1 is 0.960 bits per heavy atom. The van der Waals surface area contributed by atoms with E-state index in [0.29, 0.717) is 12.4 Å². The lowest BCUT2D eigenvalue weighted by atomic mass is 10.1. The topological polar surface area (TPSA) is 82.3 Å². The van der Waals surface area contributed by atoms with Crippen molar-refractivity contribution in [2.45, 2.75) is 6.54 Å². The van der Waals surface area contributed by atoms with Crippen LogP contribution in [0.5, 0.6) is 11.5 Å². The van der Waals surface area contributed by atoms with Gasteiger partial charge in [-0.1, -0.05) is 12.1 Å². The zero-order valence-electron chi connectivity index (χ0n) is 14.2. The zero-order chi connectivity index (χ0) is 17.6. The molecule has 0 amide bonds. The fourth-order valence-corrected chi connectivity index (χ4v) is 2.59. The second-order valence-corrected chi connectivity index (χ2v) is 5.34. The molecule has 1 heterocycles. The van der Waals surface area contributed by atoms with Gasteiger partial charge in [0.15, 0.2) is 0 Å². The van der Waals surface area contributed by atoms with Gasteiger partial charge in [0.05, 0.1) is 19.9 Å². The van der Waals surface area contributed by atoms with Gasteiger partial charge in [-0.3, -0.25) is 0 Å². The molecule has 0 saturated carbocycles. The van der Waals surface area contributed by atoms with E-state index < -0.39 is 0 Å². The summed E-state index contributed by atoms with van der Waals surface area (Å²) in [6.07, 6.45) is 1.53. The second-order valence-electron chi connectivity index (χ2n) is 5.34. The van der Waals surface area contributed by atoms with Gasteiger partial charge in [-0.2, -0.15) is 0 Å². The molecule has 1 aromatic heterocycles. The SMILES string of the molecule is COc1ccc(Nc2cc(-c3ccccc3OC)ncn2)cc1CN. The number of hydrogen-bond acceptors (Lipinski definition) is 6. The van der Waals surface area contributed by atoms with Crippen molar-refractivity contribution in [2.75, 3.05) is 19.5 Å². The molecular weight excluding hydrogens is 316 g/mol. The van der Waals surface area contributed by atoms with Gasteiger partial charge in [0.25, 0.3) is 0 Å². The van der Waals surface area contributed by atoms with Gasteiger partial charge in [-0.25, -0.2) is 9.97 Å². The first-order chi connectivity index (χ1) is 12.2. The molecule has 0 aliphatic rings. The number of ether oxygens (including phenoxy) is 2. The third-order valence-electron chi connectivity index (χ3n) is 3.82. The Balaban J connectivity index is 1.90. The second kappa shape index (κ2) is 7.63. The predicted octanol–water partition coefficient (Wildman–Crippen LogP) is 3.36. The maximum absolute atomic E-state index is 5.77. The maximum Gasteiger partial charge on any atom is 0.134 e. The number of methoxy groups -OCH3 is 2. The lowest BCUT2D eigenvalue weighted by Crippen LogP contribution is -2.02. The normalized spacial score (nSPS) is 10.4. The molecule has 0 unspecified atom stereocenters. The molecule has 25 heavy (non-hydrogen) atoms. The molecule has 0 spiro atoms. The molecule has 128 valence electrons. The highest BCUT2D eigenvalue weighted by Gasteiger charge is 2.09. The Morgan fingerprint density at radius 3 is 2.52 bits per heavy atom. The fourth-order valence-electron chi connectivity index (χ4n) is 2.59. The van der Waals surface area contributed by atoms with E-state index in [1.165, 1.54) is 6.33 Å². The lowest BCUT2D eigenvalue weighted by molar-refractivity contribution is 0.410. The van der Waals surface area contributed by atoms with Crippen molar-refractivity contribution >= 4 is 11.5 Å². The fraction of sp³-hybridized carbons (Fsp3) is 0.158. The van der Waals surface area contributed by atoms with E-state index in [2.05, 4.69) is 15.3 Å². The number of nitrogens with two attached hydrogens (primary N) is 1. The van der Waals surface area contributed by atoms with E-state index in [-0.39, 0.29) is 0 Å². The number of para-hydroxylation sites is 1. The number of aromatic nitrogens is 2. The Hall–Kier alpha value is -3.12. The molecule has 3 N–H and O–H groups in total. The van der Waals surface area contributed by atoms with Crippen LogP contribution in [-0.2, 0) is 6.54 Å². The Labute approximate surface area is 146 Å². The number of hydrogen-bond donors (Lipinski definition) is 2. The molecule has 0 atom stereocenters. The van der Waals surface area contributed by atoms with E-state index >= 15 is 0 Å². The van der Waals surface area contributed by atoms with Crippen LogP contribution in [0.2, 0.25) is 0 Å². The highest BCUT2D eigenvalue weighted by atomic mass is 16.5. The van der Waals surface area contributed by atoms with Gasteiger partial charge in [0, 0.05) is 29.4 Å². The van der Waals surface area contributed by atoms with Gasteiger partial charge < -0.3 is 20.5 Å². The van der Waals surface area contributed by atoms with Crippen molar-refractivity contribution < 1.29 is 9.47 Å². The van der Waals surface area contributed by atoms with Crippen molar-refractivity contribution in [3.63, 3.8) is 0 Å². The first-order valence-electron chi connectivity index (χ1n) is 7.84. The summed E-state index contributed by atoms with van der Waals surface area (Å²) < 4.78 is 10.7. The summed E-state index contributed by atoms with van der Waals surface area (Å²) in [5.74, 6) is 2.22. The molecule has 0 saturated heterocycles. The van der Waals surface area contributed by atoms with Crippen LogP contribution in [-0.4, -0.2) is 24.2 Å². The molecule has 0 fully saturated rings. The minimum absolute atomic E-state index is 0.398. The van der Waals surface area contributed by atoms with Gasteiger partial charge in [-0.05, 0) is 30.3 Å². The number of rotatable bonds is 6. The van der Waals surface area contributed by atoms with Crippen molar-refractivity contribution in [3.05, 3.63) is 60.4 Å². The van der Waals surface area contributed by atoms with Crippen molar-refractivity contribution in [2.24, 2.45) is 5.73 Å². The number of anilines is 2. The standard InChI is InChI=1S/C19H20N4O2/c1-24-17-8-7-14(9-13(17)11-20)23-19-10-16(21-12-22-19)15-5-3-4-6-18(15)25-2/h3-10,12H,11,20H2,1-2H3,(H,21,22,23). The summed E-state index contributed by atoms with van der Waals surface area (Å²) in [6, 6.07) is 15.4. The monoisotopic (exact) mass is 336 g/mol. The zero-order valence-corrected chi connectivity index (χ0v) is 14.2. The summed E-state index contributed by atoms with van der Waals surface area (Å²) in [5.41, 5.74) is 9.27. The van der Waals surface area contributed by atoms with Crippen LogP contribution < -0.4 is 20.5 Å². The molecule has 0 radical (unpaired) electrons. The summed E-state index contributed by atoms with van der Waals surface area (Å²) in [4.78, 5) is 8.64. The van der Waals surface area contributed by atoms with Crippen LogP contribution in [0.15, 0.2) is 54.9 Å². The van der Waals surface area contributed by atoms with Gasteiger partial charge in [-0.15, -0.1) is 0 Å². The molecule has 0 aliphatic heterocycles. The number of nitrogens with zero attached hydrogens (tertiary/aromatic N) is 2.